The number of guanidine groups is 1. The number of benzene rings is 1. The Balaban J connectivity index is 0.00000256. The molecule has 0 aliphatic carbocycles. The van der Waals surface area contributed by atoms with Gasteiger partial charge in [-0.05, 0) is 50.8 Å². The van der Waals surface area contributed by atoms with E-state index < -0.39 is 0 Å². The van der Waals surface area contributed by atoms with Gasteiger partial charge in [-0.1, -0.05) is 17.7 Å². The fourth-order valence-electron chi connectivity index (χ4n) is 4.67. The van der Waals surface area contributed by atoms with Gasteiger partial charge < -0.3 is 20.3 Å². The van der Waals surface area contributed by atoms with Gasteiger partial charge in [0.15, 0.2) is 5.96 Å². The molecule has 2 N–H and O–H groups in total. The Morgan fingerprint density at radius 1 is 1.23 bits per heavy atom. The standard InChI is InChI=1S/C22H34ClN5O.HI/c1-2-24-22(26-20-16-19-7-8-21(20)29-19)25-9-4-10-27-11-13-28(14-12-27)18-6-3-5-17(23)15-18;/h3,5-6,15,19-21H,2,4,7-14,16H2,1H3,(H2,24,25,26);1H. The van der Waals surface area contributed by atoms with Crippen molar-refractivity contribution in [2.75, 3.05) is 50.7 Å². The van der Waals surface area contributed by atoms with Gasteiger partial charge in [-0.2, -0.15) is 0 Å². The van der Waals surface area contributed by atoms with E-state index in [1.54, 1.807) is 0 Å². The normalized spacial score (nSPS) is 26.5. The third-order valence-electron chi connectivity index (χ3n) is 6.22. The molecule has 0 aromatic heterocycles. The van der Waals surface area contributed by atoms with Crippen LogP contribution in [0.15, 0.2) is 29.3 Å². The summed E-state index contributed by atoms with van der Waals surface area (Å²) in [5.41, 5.74) is 1.23. The summed E-state index contributed by atoms with van der Waals surface area (Å²) in [5, 5.41) is 7.80. The summed E-state index contributed by atoms with van der Waals surface area (Å²) < 4.78 is 5.95. The van der Waals surface area contributed by atoms with Crippen molar-refractivity contribution in [2.45, 2.75) is 50.9 Å². The number of piperazine rings is 1. The first-order valence-electron chi connectivity index (χ1n) is 11.1. The number of anilines is 1. The monoisotopic (exact) mass is 547 g/mol. The molecule has 0 radical (unpaired) electrons. The molecule has 4 rings (SSSR count). The van der Waals surface area contributed by atoms with Crippen LogP contribution in [0.1, 0.15) is 32.6 Å². The second-order valence-corrected chi connectivity index (χ2v) is 8.72. The number of hydrogen-bond donors (Lipinski definition) is 2. The van der Waals surface area contributed by atoms with Crippen LogP contribution in [0, 0.1) is 0 Å². The second kappa shape index (κ2) is 11.7. The van der Waals surface area contributed by atoms with Crippen LogP contribution in [-0.4, -0.2) is 74.9 Å². The first-order chi connectivity index (χ1) is 14.2. The molecule has 3 atom stereocenters. The Bertz CT molecular complexity index is 698. The van der Waals surface area contributed by atoms with Gasteiger partial charge in [0.25, 0.3) is 0 Å². The van der Waals surface area contributed by atoms with E-state index in [0.29, 0.717) is 18.2 Å². The molecule has 3 unspecified atom stereocenters. The second-order valence-electron chi connectivity index (χ2n) is 8.28. The van der Waals surface area contributed by atoms with E-state index in [9.17, 15) is 0 Å². The predicted octanol–water partition coefficient (Wildman–Crippen LogP) is 3.35. The fraction of sp³-hybridized carbons (Fsp3) is 0.682. The van der Waals surface area contributed by atoms with Gasteiger partial charge in [0.2, 0.25) is 0 Å². The molecule has 3 fully saturated rings. The van der Waals surface area contributed by atoms with Gasteiger partial charge >= 0.3 is 0 Å². The molecule has 168 valence electrons. The average Bonchev–Trinajstić information content (AvgIpc) is 3.35. The Hall–Kier alpha value is -0.770. The minimum absolute atomic E-state index is 0. The number of ether oxygens (including phenoxy) is 1. The maximum atomic E-state index is 6.13. The molecular formula is C22H35ClIN5O. The third kappa shape index (κ3) is 6.37. The number of nitrogens with one attached hydrogen (secondary N) is 2. The summed E-state index contributed by atoms with van der Waals surface area (Å²) >= 11 is 6.13. The molecule has 3 saturated heterocycles. The van der Waals surface area contributed by atoms with E-state index in [1.165, 1.54) is 18.5 Å². The predicted molar refractivity (Wildman–Crippen MR) is 136 cm³/mol. The Kier molecular flexibility index (Phi) is 9.34. The van der Waals surface area contributed by atoms with Crippen LogP contribution < -0.4 is 15.5 Å². The fourth-order valence-corrected chi connectivity index (χ4v) is 4.86. The van der Waals surface area contributed by atoms with Gasteiger partial charge in [0.1, 0.15) is 0 Å². The SMILES string of the molecule is CCNC(=NCCCN1CCN(c2cccc(Cl)c2)CC1)NC1CC2CCC1O2.I. The van der Waals surface area contributed by atoms with Crippen molar-refractivity contribution in [1.29, 1.82) is 0 Å². The van der Waals surface area contributed by atoms with E-state index in [2.05, 4.69) is 39.5 Å². The number of aliphatic imine (C=N–C) groups is 1. The van der Waals surface area contributed by atoms with Crippen molar-refractivity contribution in [3.05, 3.63) is 29.3 Å². The molecule has 3 aliphatic rings. The van der Waals surface area contributed by atoms with E-state index in [4.69, 9.17) is 21.3 Å². The summed E-state index contributed by atoms with van der Waals surface area (Å²) in [6.45, 7) is 9.26. The van der Waals surface area contributed by atoms with Crippen LogP contribution in [0.5, 0.6) is 0 Å². The molecule has 0 amide bonds. The lowest BCUT2D eigenvalue weighted by molar-refractivity contribution is 0.0992. The lowest BCUT2D eigenvalue weighted by Gasteiger charge is -2.36. The molecular weight excluding hydrogens is 513 g/mol. The molecule has 3 aliphatic heterocycles. The number of rotatable bonds is 7. The van der Waals surface area contributed by atoms with Crippen LogP contribution >= 0.6 is 35.6 Å². The van der Waals surface area contributed by atoms with Gasteiger partial charge in [0.05, 0.1) is 18.2 Å². The van der Waals surface area contributed by atoms with Crippen LogP contribution in [0.2, 0.25) is 5.02 Å². The van der Waals surface area contributed by atoms with E-state index in [0.717, 1.165) is 69.6 Å². The molecule has 6 nitrogen and oxygen atoms in total. The van der Waals surface area contributed by atoms with Crippen molar-refractivity contribution in [3.8, 4) is 0 Å². The van der Waals surface area contributed by atoms with Crippen LogP contribution in [0.3, 0.4) is 0 Å². The molecule has 3 heterocycles. The van der Waals surface area contributed by atoms with Crippen molar-refractivity contribution in [2.24, 2.45) is 4.99 Å². The molecule has 0 saturated carbocycles. The van der Waals surface area contributed by atoms with Crippen LogP contribution in [0.4, 0.5) is 5.69 Å². The zero-order valence-electron chi connectivity index (χ0n) is 17.9. The lowest BCUT2D eigenvalue weighted by Crippen LogP contribution is -2.47. The van der Waals surface area contributed by atoms with E-state index in [1.807, 2.05) is 12.1 Å². The largest absolute Gasteiger partial charge is 0.373 e. The summed E-state index contributed by atoms with van der Waals surface area (Å²) in [4.78, 5) is 9.77. The van der Waals surface area contributed by atoms with Gasteiger partial charge in [-0.3, -0.25) is 9.89 Å². The number of nitrogens with zero attached hydrogens (tertiary/aromatic N) is 3. The first kappa shape index (κ1) is 23.9. The minimum atomic E-state index is 0. The molecule has 30 heavy (non-hydrogen) atoms. The summed E-state index contributed by atoms with van der Waals surface area (Å²) in [5.74, 6) is 0.944. The van der Waals surface area contributed by atoms with Gasteiger partial charge in [-0.25, -0.2) is 0 Å². The summed E-state index contributed by atoms with van der Waals surface area (Å²) in [7, 11) is 0. The highest BCUT2D eigenvalue weighted by Crippen LogP contribution is 2.34. The van der Waals surface area contributed by atoms with Crippen LogP contribution in [0.25, 0.3) is 0 Å². The maximum Gasteiger partial charge on any atom is 0.191 e. The highest BCUT2D eigenvalue weighted by Gasteiger charge is 2.41. The van der Waals surface area contributed by atoms with Crippen molar-refractivity contribution >= 4 is 47.2 Å². The van der Waals surface area contributed by atoms with Crippen molar-refractivity contribution < 1.29 is 4.74 Å². The highest BCUT2D eigenvalue weighted by atomic mass is 127. The average molecular weight is 548 g/mol. The molecule has 8 heteroatoms. The van der Waals surface area contributed by atoms with E-state index >= 15 is 0 Å². The third-order valence-corrected chi connectivity index (χ3v) is 6.46. The first-order valence-corrected chi connectivity index (χ1v) is 11.5. The number of hydrogen-bond acceptors (Lipinski definition) is 4. The molecule has 2 bridgehead atoms. The van der Waals surface area contributed by atoms with Crippen LogP contribution in [-0.2, 0) is 4.74 Å². The zero-order chi connectivity index (χ0) is 20.1. The molecule has 0 spiro atoms. The van der Waals surface area contributed by atoms with Gasteiger partial charge in [-0.15, -0.1) is 24.0 Å². The molecule has 1 aromatic rings. The maximum absolute atomic E-state index is 6.13. The zero-order valence-corrected chi connectivity index (χ0v) is 20.9. The van der Waals surface area contributed by atoms with Crippen molar-refractivity contribution in [1.82, 2.24) is 15.5 Å². The molecule has 1 aromatic carbocycles. The van der Waals surface area contributed by atoms with Gasteiger partial charge in [0, 0.05) is 56.5 Å². The Morgan fingerprint density at radius 3 is 2.73 bits per heavy atom. The number of fused-ring (bicyclic) bond motifs is 2. The minimum Gasteiger partial charge on any atom is -0.373 e. The summed E-state index contributed by atoms with van der Waals surface area (Å²) in [6.07, 6.45) is 5.45. The smallest absolute Gasteiger partial charge is 0.191 e. The quantitative estimate of drug-likeness (QED) is 0.237. The lowest BCUT2D eigenvalue weighted by atomic mass is 9.96. The Labute approximate surface area is 202 Å². The Morgan fingerprint density at radius 2 is 2.07 bits per heavy atom. The number of halogens is 2. The topological polar surface area (TPSA) is 52.1 Å². The van der Waals surface area contributed by atoms with Crippen molar-refractivity contribution in [3.63, 3.8) is 0 Å². The highest BCUT2D eigenvalue weighted by molar-refractivity contribution is 14.0. The summed E-state index contributed by atoms with van der Waals surface area (Å²) in [6, 6.07) is 8.59. The van der Waals surface area contributed by atoms with E-state index in [-0.39, 0.29) is 24.0 Å².